The Hall–Kier alpha value is -1.72. The standard InChI is InChI=1S/C19H27F3N4O2.HI/c1-2-23-18(24-11-4-14-26-13-3-5-17(26)27)25-12-10-15-6-8-16(9-7-15)28-19(20,21)22;/h6-9H,2-5,10-14H2,1H3,(H2,23,24,25);1H. The number of benzene rings is 1. The minimum Gasteiger partial charge on any atom is -0.406 e. The van der Waals surface area contributed by atoms with E-state index in [1.807, 2.05) is 11.8 Å². The monoisotopic (exact) mass is 528 g/mol. The lowest BCUT2D eigenvalue weighted by Gasteiger charge is -2.15. The number of carbonyl (C=O) groups excluding carboxylic acids is 1. The molecule has 1 aliphatic heterocycles. The van der Waals surface area contributed by atoms with Crippen LogP contribution >= 0.6 is 24.0 Å². The molecule has 6 nitrogen and oxygen atoms in total. The van der Waals surface area contributed by atoms with Gasteiger partial charge in [0.1, 0.15) is 5.75 Å². The van der Waals surface area contributed by atoms with Crippen molar-refractivity contribution in [2.45, 2.75) is 39.0 Å². The summed E-state index contributed by atoms with van der Waals surface area (Å²) in [5.74, 6) is 0.684. The van der Waals surface area contributed by atoms with Crippen molar-refractivity contribution >= 4 is 35.8 Å². The lowest BCUT2D eigenvalue weighted by molar-refractivity contribution is -0.274. The molecule has 2 N–H and O–H groups in total. The van der Waals surface area contributed by atoms with Crippen LogP contribution in [0.1, 0.15) is 31.7 Å². The number of ether oxygens (including phenoxy) is 1. The maximum Gasteiger partial charge on any atom is 0.573 e. The lowest BCUT2D eigenvalue weighted by Crippen LogP contribution is -2.38. The topological polar surface area (TPSA) is 66.0 Å². The third-order valence-corrected chi connectivity index (χ3v) is 4.23. The van der Waals surface area contributed by atoms with Gasteiger partial charge in [-0.3, -0.25) is 9.79 Å². The number of nitrogens with zero attached hydrogens (tertiary/aromatic N) is 2. The van der Waals surface area contributed by atoms with Crippen LogP contribution in [0.5, 0.6) is 5.75 Å². The molecule has 0 unspecified atom stereocenters. The highest BCUT2D eigenvalue weighted by Crippen LogP contribution is 2.22. The van der Waals surface area contributed by atoms with Crippen LogP contribution in [0.2, 0.25) is 0 Å². The Morgan fingerprint density at radius 3 is 2.55 bits per heavy atom. The number of guanidine groups is 1. The molecule has 0 atom stereocenters. The number of rotatable bonds is 9. The van der Waals surface area contributed by atoms with E-state index < -0.39 is 6.36 Å². The van der Waals surface area contributed by atoms with Gasteiger partial charge in [-0.2, -0.15) is 0 Å². The quantitative estimate of drug-likeness (QED) is 0.224. The largest absolute Gasteiger partial charge is 0.573 e. The van der Waals surface area contributed by atoms with E-state index in [1.54, 1.807) is 12.1 Å². The fourth-order valence-corrected chi connectivity index (χ4v) is 2.92. The van der Waals surface area contributed by atoms with Gasteiger partial charge < -0.3 is 20.3 Å². The Morgan fingerprint density at radius 1 is 1.24 bits per heavy atom. The zero-order valence-electron chi connectivity index (χ0n) is 16.4. The van der Waals surface area contributed by atoms with Gasteiger partial charge in [0, 0.05) is 39.1 Å². The van der Waals surface area contributed by atoms with Crippen LogP contribution in [0.3, 0.4) is 0 Å². The first-order valence-corrected chi connectivity index (χ1v) is 9.52. The van der Waals surface area contributed by atoms with Gasteiger partial charge >= 0.3 is 6.36 Å². The van der Waals surface area contributed by atoms with Crippen molar-refractivity contribution in [2.24, 2.45) is 4.99 Å². The van der Waals surface area contributed by atoms with Gasteiger partial charge in [0.25, 0.3) is 0 Å². The number of likely N-dealkylation sites (tertiary alicyclic amines) is 1. The molecule has 2 rings (SSSR count). The van der Waals surface area contributed by atoms with Crippen LogP contribution in [-0.2, 0) is 11.2 Å². The van der Waals surface area contributed by atoms with Crippen LogP contribution in [0.15, 0.2) is 29.3 Å². The second-order valence-corrected chi connectivity index (χ2v) is 6.47. The molecular weight excluding hydrogens is 500 g/mol. The molecule has 0 bridgehead atoms. The van der Waals surface area contributed by atoms with Gasteiger partial charge in [-0.05, 0) is 43.9 Å². The molecule has 10 heteroatoms. The second kappa shape index (κ2) is 12.8. The molecular formula is C19H28F3IN4O2. The summed E-state index contributed by atoms with van der Waals surface area (Å²) in [6.07, 6.45) is -1.64. The number of amides is 1. The summed E-state index contributed by atoms with van der Waals surface area (Å²) in [4.78, 5) is 17.9. The summed E-state index contributed by atoms with van der Waals surface area (Å²) >= 11 is 0. The summed E-state index contributed by atoms with van der Waals surface area (Å²) in [5.41, 5.74) is 0.894. The van der Waals surface area contributed by atoms with E-state index in [-0.39, 0.29) is 35.6 Å². The second-order valence-electron chi connectivity index (χ2n) is 6.47. The third-order valence-electron chi connectivity index (χ3n) is 4.23. The Labute approximate surface area is 186 Å². The van der Waals surface area contributed by atoms with Crippen molar-refractivity contribution in [3.05, 3.63) is 29.8 Å². The van der Waals surface area contributed by atoms with Gasteiger partial charge in [-0.1, -0.05) is 12.1 Å². The van der Waals surface area contributed by atoms with Crippen LogP contribution in [-0.4, -0.2) is 55.9 Å². The Kier molecular flexibility index (Phi) is 11.1. The number of hydrogen-bond acceptors (Lipinski definition) is 3. The smallest absolute Gasteiger partial charge is 0.406 e. The summed E-state index contributed by atoms with van der Waals surface area (Å²) < 4.78 is 40.4. The molecule has 164 valence electrons. The van der Waals surface area contributed by atoms with E-state index in [4.69, 9.17) is 0 Å². The minimum absolute atomic E-state index is 0. The van der Waals surface area contributed by atoms with E-state index in [0.717, 1.165) is 38.0 Å². The summed E-state index contributed by atoms with van der Waals surface area (Å²) in [6.45, 7) is 5.47. The number of halogens is 4. The molecule has 1 heterocycles. The van der Waals surface area contributed by atoms with Gasteiger partial charge in [-0.15, -0.1) is 37.1 Å². The minimum atomic E-state index is -4.68. The summed E-state index contributed by atoms with van der Waals surface area (Å²) in [6, 6.07) is 5.84. The molecule has 1 aromatic carbocycles. The van der Waals surface area contributed by atoms with Crippen LogP contribution in [0.4, 0.5) is 13.2 Å². The number of hydrogen-bond donors (Lipinski definition) is 2. The Bertz CT molecular complexity index is 654. The van der Waals surface area contributed by atoms with Gasteiger partial charge in [0.15, 0.2) is 5.96 Å². The van der Waals surface area contributed by atoms with Gasteiger partial charge in [-0.25, -0.2) is 0 Å². The highest BCUT2D eigenvalue weighted by Gasteiger charge is 2.30. The maximum atomic E-state index is 12.2. The van der Waals surface area contributed by atoms with Crippen molar-refractivity contribution in [1.29, 1.82) is 0 Å². The average Bonchev–Trinajstić information content (AvgIpc) is 3.04. The summed E-state index contributed by atoms with van der Waals surface area (Å²) in [7, 11) is 0. The van der Waals surface area contributed by atoms with E-state index in [9.17, 15) is 18.0 Å². The molecule has 0 saturated carbocycles. The SMILES string of the molecule is CCNC(=NCCCN1CCCC1=O)NCCc1ccc(OC(F)(F)F)cc1.I. The van der Waals surface area contributed by atoms with Crippen LogP contribution in [0, 0.1) is 0 Å². The Morgan fingerprint density at radius 2 is 1.97 bits per heavy atom. The fourth-order valence-electron chi connectivity index (χ4n) is 2.92. The zero-order chi connectivity index (χ0) is 20.4. The van der Waals surface area contributed by atoms with E-state index in [0.29, 0.717) is 31.9 Å². The molecule has 1 fully saturated rings. The van der Waals surface area contributed by atoms with E-state index >= 15 is 0 Å². The number of nitrogens with one attached hydrogen (secondary N) is 2. The third kappa shape index (κ3) is 10.0. The molecule has 0 spiro atoms. The zero-order valence-corrected chi connectivity index (χ0v) is 18.8. The highest BCUT2D eigenvalue weighted by atomic mass is 127. The first-order chi connectivity index (χ1) is 13.4. The van der Waals surface area contributed by atoms with Crippen molar-refractivity contribution in [1.82, 2.24) is 15.5 Å². The Balaban J connectivity index is 0.00000420. The molecule has 1 saturated heterocycles. The summed E-state index contributed by atoms with van der Waals surface area (Å²) in [5, 5.41) is 6.36. The predicted octanol–water partition coefficient (Wildman–Crippen LogP) is 3.31. The lowest BCUT2D eigenvalue weighted by atomic mass is 10.1. The average molecular weight is 528 g/mol. The molecule has 1 aliphatic rings. The molecule has 0 radical (unpaired) electrons. The van der Waals surface area contributed by atoms with Crippen molar-refractivity contribution < 1.29 is 22.7 Å². The molecule has 0 aromatic heterocycles. The maximum absolute atomic E-state index is 12.2. The van der Waals surface area contributed by atoms with E-state index in [2.05, 4.69) is 20.4 Å². The van der Waals surface area contributed by atoms with Crippen molar-refractivity contribution in [2.75, 3.05) is 32.7 Å². The molecule has 1 aromatic rings. The number of alkyl halides is 3. The molecule has 1 amide bonds. The van der Waals surface area contributed by atoms with Gasteiger partial charge in [0.2, 0.25) is 5.91 Å². The van der Waals surface area contributed by atoms with Gasteiger partial charge in [0.05, 0.1) is 0 Å². The first kappa shape index (κ1) is 25.3. The van der Waals surface area contributed by atoms with E-state index in [1.165, 1.54) is 12.1 Å². The fraction of sp³-hybridized carbons (Fsp3) is 0.579. The predicted molar refractivity (Wildman–Crippen MR) is 117 cm³/mol. The van der Waals surface area contributed by atoms with Crippen molar-refractivity contribution in [3.63, 3.8) is 0 Å². The first-order valence-electron chi connectivity index (χ1n) is 9.52. The molecule has 29 heavy (non-hydrogen) atoms. The normalized spacial score (nSPS) is 14.6. The molecule has 0 aliphatic carbocycles. The van der Waals surface area contributed by atoms with Crippen LogP contribution < -0.4 is 15.4 Å². The number of carbonyl (C=O) groups is 1. The van der Waals surface area contributed by atoms with Crippen molar-refractivity contribution in [3.8, 4) is 5.75 Å². The highest BCUT2D eigenvalue weighted by molar-refractivity contribution is 14.0. The van der Waals surface area contributed by atoms with Crippen LogP contribution in [0.25, 0.3) is 0 Å². The number of aliphatic imine (C=N–C) groups is 1.